The van der Waals surface area contributed by atoms with Crippen LogP contribution in [-0.4, -0.2) is 80.7 Å². The minimum Gasteiger partial charge on any atom is -0.395 e. The van der Waals surface area contributed by atoms with E-state index in [-0.39, 0.29) is 28.8 Å². The summed E-state index contributed by atoms with van der Waals surface area (Å²) in [5, 5.41) is 13.1. The molecule has 0 spiro atoms. The number of hydrogen-bond acceptors (Lipinski definition) is 7. The summed E-state index contributed by atoms with van der Waals surface area (Å²) >= 11 is 0. The minimum atomic E-state index is -0.382. The fourth-order valence-electron chi connectivity index (χ4n) is 8.70. The van der Waals surface area contributed by atoms with Crippen LogP contribution in [0.4, 0.5) is 5.95 Å². The summed E-state index contributed by atoms with van der Waals surface area (Å²) in [6.45, 7) is 25.9. The number of anilines is 1. The summed E-state index contributed by atoms with van der Waals surface area (Å²) in [5.74, 6) is 3.31. The van der Waals surface area contributed by atoms with Crippen LogP contribution >= 0.6 is 0 Å². The number of unbranched alkanes of at least 4 members (excludes halogenated alkanes) is 2. The lowest BCUT2D eigenvalue weighted by molar-refractivity contribution is -1.05. The van der Waals surface area contributed by atoms with E-state index in [1.54, 1.807) is 0 Å². The van der Waals surface area contributed by atoms with Gasteiger partial charge in [0.1, 0.15) is 11.1 Å². The molecular weight excluding hydrogens is 524 g/mol. The number of hydrogen-bond donors (Lipinski definition) is 4. The maximum absolute atomic E-state index is 9.72. The Hall–Kier alpha value is -1.39. The van der Waals surface area contributed by atoms with Gasteiger partial charge in [-0.25, -0.2) is 14.2 Å². The van der Waals surface area contributed by atoms with Crippen LogP contribution in [0.2, 0.25) is 0 Å². The zero-order chi connectivity index (χ0) is 31.6. The molecule has 2 fully saturated rings. The molecule has 0 aliphatic carbocycles. The molecule has 3 rings (SSSR count). The number of aliphatic hydroxyl groups is 1. The van der Waals surface area contributed by atoms with E-state index in [1.807, 2.05) is 0 Å². The summed E-state index contributed by atoms with van der Waals surface area (Å²) in [4.78, 5) is 15.9. The van der Waals surface area contributed by atoms with Gasteiger partial charge in [-0.15, -0.1) is 0 Å². The van der Waals surface area contributed by atoms with Gasteiger partial charge in [0.2, 0.25) is 5.95 Å². The molecule has 42 heavy (non-hydrogen) atoms. The second-order valence-corrected chi connectivity index (χ2v) is 15.7. The van der Waals surface area contributed by atoms with Crippen molar-refractivity contribution in [1.29, 1.82) is 0 Å². The van der Waals surface area contributed by atoms with E-state index in [2.05, 4.69) is 99.5 Å². The summed E-state index contributed by atoms with van der Waals surface area (Å²) in [7, 11) is 4.71. The Morgan fingerprint density at radius 2 is 1.10 bits per heavy atom. The molecule has 1 aromatic rings. The molecule has 0 amide bonds. The molecule has 9 nitrogen and oxygen atoms in total. The van der Waals surface area contributed by atoms with Crippen LogP contribution in [0.5, 0.6) is 0 Å². The van der Waals surface area contributed by atoms with Crippen molar-refractivity contribution < 1.29 is 14.3 Å². The zero-order valence-corrected chi connectivity index (χ0v) is 29.3. The summed E-state index contributed by atoms with van der Waals surface area (Å²) in [5.41, 5.74) is 7.19. The number of aliphatic hydroxyl groups excluding tert-OH is 1. The van der Waals surface area contributed by atoms with Gasteiger partial charge in [0.25, 0.3) is 0 Å². The van der Waals surface area contributed by atoms with Crippen molar-refractivity contribution in [3.8, 4) is 0 Å². The Morgan fingerprint density at radius 1 is 0.690 bits per heavy atom. The first-order valence-electron chi connectivity index (χ1n) is 16.8. The first-order chi connectivity index (χ1) is 19.5. The summed E-state index contributed by atoms with van der Waals surface area (Å²) < 4.78 is 1.35. The van der Waals surface area contributed by atoms with Crippen LogP contribution in [0.1, 0.15) is 132 Å². The minimum absolute atomic E-state index is 0.0246. The maximum atomic E-state index is 9.72. The molecule has 2 aliphatic rings. The Balaban J connectivity index is 2.28. The number of likely N-dealkylation sites (tertiary alicyclic amines) is 2. The number of aromatic nitrogens is 3. The molecule has 9 heteroatoms. The highest BCUT2D eigenvalue weighted by Crippen LogP contribution is 2.52. The van der Waals surface area contributed by atoms with Crippen molar-refractivity contribution >= 4 is 5.95 Å². The van der Waals surface area contributed by atoms with Crippen LogP contribution in [0.25, 0.3) is 0 Å². The molecule has 3 heterocycles. The molecule has 1 aromatic heterocycles. The van der Waals surface area contributed by atoms with Gasteiger partial charge in [-0.05, 0) is 52.4 Å². The molecule has 0 aromatic carbocycles. The highest BCUT2D eigenvalue weighted by molar-refractivity contribution is 5.28. The number of quaternary nitrogens is 2. The number of nitrogens with zero attached hydrogens (tertiary/aromatic N) is 5. The van der Waals surface area contributed by atoms with Crippen LogP contribution < -0.4 is 16.2 Å². The van der Waals surface area contributed by atoms with E-state index < -0.39 is 0 Å². The first-order valence-corrected chi connectivity index (χ1v) is 16.8. The highest BCUT2D eigenvalue weighted by Gasteiger charge is 2.64. The molecule has 4 N–H and O–H groups in total. The number of piperidine rings is 2. The first kappa shape index (κ1) is 35.1. The Bertz CT molecular complexity index is 975. The number of rotatable bonds is 13. The predicted octanol–water partition coefficient (Wildman–Crippen LogP) is 5.63. The van der Waals surface area contributed by atoms with Crippen LogP contribution in [0, 0.1) is 11.8 Å². The normalized spacial score (nSPS) is 36.1. The molecule has 0 bridgehead atoms. The molecule has 2 saturated heterocycles. The Morgan fingerprint density at radius 3 is 1.45 bits per heavy atom. The quantitative estimate of drug-likeness (QED) is 0.175. The van der Waals surface area contributed by atoms with Gasteiger partial charge >= 0.3 is 0 Å². The van der Waals surface area contributed by atoms with Gasteiger partial charge in [-0.2, -0.15) is 20.8 Å². The standard InChI is InChI=1S/C33H66N8O/c1-13-15-17-35-40(11)30(5,6)21-25(3)23-32(40,9)27-37-28(39-29(38-27)34-19-20-42)33(10)24-26(4)22-31(7,8)41(33,12)36-18-16-14-2/h25-26,35-36,42H,13-24H2,1-12H3,(H,34,37,38,39)/q+2. The third-order valence-corrected chi connectivity index (χ3v) is 11.5. The third kappa shape index (κ3) is 6.10. The zero-order valence-electron chi connectivity index (χ0n) is 29.3. The van der Waals surface area contributed by atoms with E-state index in [0.717, 1.165) is 76.1 Å². The van der Waals surface area contributed by atoms with Gasteiger partial charge in [-0.3, -0.25) is 0 Å². The van der Waals surface area contributed by atoms with E-state index in [9.17, 15) is 5.11 Å². The second kappa shape index (κ2) is 12.9. The summed E-state index contributed by atoms with van der Waals surface area (Å²) in [6.07, 6.45) is 8.79. The van der Waals surface area contributed by atoms with E-state index in [0.29, 0.717) is 33.5 Å². The third-order valence-electron chi connectivity index (χ3n) is 11.5. The molecule has 0 saturated carbocycles. The van der Waals surface area contributed by atoms with Crippen molar-refractivity contribution in [3.05, 3.63) is 11.6 Å². The van der Waals surface area contributed by atoms with E-state index in [4.69, 9.17) is 15.0 Å². The predicted molar refractivity (Wildman–Crippen MR) is 173 cm³/mol. The van der Waals surface area contributed by atoms with Crippen LogP contribution in [0.15, 0.2) is 0 Å². The maximum Gasteiger partial charge on any atom is 0.226 e. The van der Waals surface area contributed by atoms with Gasteiger partial charge in [0.05, 0.1) is 20.7 Å². The van der Waals surface area contributed by atoms with Crippen molar-refractivity contribution in [2.75, 3.05) is 45.7 Å². The monoisotopic (exact) mass is 591 g/mol. The molecule has 0 radical (unpaired) electrons. The average Bonchev–Trinajstić information content (AvgIpc) is 2.89. The van der Waals surface area contributed by atoms with E-state index >= 15 is 0 Å². The molecular formula is C33H66N8O+2. The topological polar surface area (TPSA) is 95.0 Å². The molecule has 242 valence electrons. The molecule has 2 aliphatic heterocycles. The average molecular weight is 591 g/mol. The largest absolute Gasteiger partial charge is 0.395 e. The van der Waals surface area contributed by atoms with Crippen molar-refractivity contribution in [1.82, 2.24) is 25.8 Å². The van der Waals surface area contributed by atoms with Gasteiger partial charge in [0.15, 0.2) is 22.7 Å². The fourth-order valence-corrected chi connectivity index (χ4v) is 8.70. The van der Waals surface area contributed by atoms with Gasteiger partial charge in [-0.1, -0.05) is 40.5 Å². The van der Waals surface area contributed by atoms with Crippen LogP contribution in [0.3, 0.4) is 0 Å². The highest BCUT2D eigenvalue weighted by atomic mass is 16.3. The SMILES string of the molecule is CCCCN[N+]1(C)C(C)(C)CC(C)CC1(C)c1nc(NCCO)nc(C2(C)CC(C)CC(C)(C)[N+]2(C)NCCCC)n1. The smallest absolute Gasteiger partial charge is 0.226 e. The lowest BCUT2D eigenvalue weighted by Crippen LogP contribution is -2.78. The Kier molecular flexibility index (Phi) is 10.8. The van der Waals surface area contributed by atoms with Crippen molar-refractivity contribution in [2.45, 2.75) is 143 Å². The lowest BCUT2D eigenvalue weighted by Gasteiger charge is -2.61. The van der Waals surface area contributed by atoms with Gasteiger partial charge < -0.3 is 10.4 Å². The lowest BCUT2D eigenvalue weighted by atomic mass is 9.71. The Labute approximate surface area is 257 Å². The second-order valence-electron chi connectivity index (χ2n) is 15.7. The van der Waals surface area contributed by atoms with E-state index in [1.165, 1.54) is 0 Å². The van der Waals surface area contributed by atoms with Crippen molar-refractivity contribution in [2.24, 2.45) is 11.8 Å². The van der Waals surface area contributed by atoms with Gasteiger partial charge in [0, 0.05) is 59.2 Å². The van der Waals surface area contributed by atoms with Crippen LogP contribution in [-0.2, 0) is 11.1 Å². The fraction of sp³-hybridized carbons (Fsp3) is 0.909. The molecule has 6 unspecified atom stereocenters. The number of nitrogens with one attached hydrogen (secondary N) is 3. The molecule has 6 atom stereocenters. The summed E-state index contributed by atoms with van der Waals surface area (Å²) in [6, 6.07) is 0. The van der Waals surface area contributed by atoms with Crippen molar-refractivity contribution in [3.63, 3.8) is 0 Å².